The number of benzene rings is 1. The van der Waals surface area contributed by atoms with Gasteiger partial charge in [-0.1, -0.05) is 51.6 Å². The smallest absolute Gasteiger partial charge is 0.233 e. The van der Waals surface area contributed by atoms with Crippen LogP contribution in [0.15, 0.2) is 29.4 Å². The van der Waals surface area contributed by atoms with E-state index in [-0.39, 0.29) is 5.91 Å². The standard InChI is InChI=1S/C19H27N5OS/c1-13(2)16-5-7-17(8-6-16)24-19(20-21-22-24)26-12-18(25)23-10-14(3)9-15(4)11-23/h5-8,13-15H,9-12H2,1-4H3/t14-,15-/m0/s1. The van der Waals surface area contributed by atoms with Crippen molar-refractivity contribution in [1.29, 1.82) is 0 Å². The van der Waals surface area contributed by atoms with E-state index in [1.54, 1.807) is 4.68 Å². The maximum atomic E-state index is 12.6. The summed E-state index contributed by atoms with van der Waals surface area (Å²) in [5, 5.41) is 12.6. The Balaban J connectivity index is 1.64. The Hall–Kier alpha value is -1.89. The summed E-state index contributed by atoms with van der Waals surface area (Å²) in [6.07, 6.45) is 1.20. The number of carbonyl (C=O) groups excluding carboxylic acids is 1. The topological polar surface area (TPSA) is 63.9 Å². The lowest BCUT2D eigenvalue weighted by molar-refractivity contribution is -0.130. The molecule has 1 aliphatic heterocycles. The minimum atomic E-state index is 0.165. The van der Waals surface area contributed by atoms with Gasteiger partial charge >= 0.3 is 0 Å². The number of rotatable bonds is 5. The van der Waals surface area contributed by atoms with Gasteiger partial charge < -0.3 is 4.90 Å². The Morgan fingerprint density at radius 3 is 2.46 bits per heavy atom. The third-order valence-electron chi connectivity index (χ3n) is 4.79. The molecule has 0 N–H and O–H groups in total. The highest BCUT2D eigenvalue weighted by Crippen LogP contribution is 2.24. The summed E-state index contributed by atoms with van der Waals surface area (Å²) in [6, 6.07) is 8.23. The van der Waals surface area contributed by atoms with Gasteiger partial charge in [-0.05, 0) is 52.3 Å². The van der Waals surface area contributed by atoms with Crippen molar-refractivity contribution in [2.24, 2.45) is 11.8 Å². The number of nitrogens with zero attached hydrogens (tertiary/aromatic N) is 5. The van der Waals surface area contributed by atoms with Crippen molar-refractivity contribution in [3.8, 4) is 5.69 Å². The zero-order valence-corrected chi connectivity index (χ0v) is 16.7. The Bertz CT molecular complexity index is 733. The van der Waals surface area contributed by atoms with Crippen molar-refractivity contribution in [3.05, 3.63) is 29.8 Å². The highest BCUT2D eigenvalue weighted by atomic mass is 32.2. The van der Waals surface area contributed by atoms with E-state index in [4.69, 9.17) is 0 Å². The van der Waals surface area contributed by atoms with Crippen LogP contribution in [-0.2, 0) is 4.79 Å². The highest BCUT2D eigenvalue weighted by molar-refractivity contribution is 7.99. The zero-order chi connectivity index (χ0) is 18.7. The van der Waals surface area contributed by atoms with Crippen molar-refractivity contribution in [1.82, 2.24) is 25.1 Å². The molecule has 2 aromatic rings. The lowest BCUT2D eigenvalue weighted by Gasteiger charge is -2.34. The van der Waals surface area contributed by atoms with E-state index in [9.17, 15) is 4.79 Å². The lowest BCUT2D eigenvalue weighted by Crippen LogP contribution is -2.43. The molecule has 140 valence electrons. The molecule has 1 saturated heterocycles. The number of amides is 1. The van der Waals surface area contributed by atoms with Crippen molar-refractivity contribution >= 4 is 17.7 Å². The van der Waals surface area contributed by atoms with E-state index in [0.717, 1.165) is 18.8 Å². The maximum absolute atomic E-state index is 12.6. The largest absolute Gasteiger partial charge is 0.341 e. The average molecular weight is 374 g/mol. The molecule has 0 spiro atoms. The van der Waals surface area contributed by atoms with Gasteiger partial charge in [0.2, 0.25) is 11.1 Å². The average Bonchev–Trinajstić information content (AvgIpc) is 3.07. The van der Waals surface area contributed by atoms with E-state index in [1.807, 2.05) is 17.0 Å². The fraction of sp³-hybridized carbons (Fsp3) is 0.579. The van der Waals surface area contributed by atoms with E-state index in [1.165, 1.54) is 23.7 Å². The number of hydrogen-bond donors (Lipinski definition) is 0. The molecule has 0 radical (unpaired) electrons. The first-order valence-corrected chi connectivity index (χ1v) is 10.2. The molecule has 1 aliphatic rings. The SMILES string of the molecule is CC(C)c1ccc(-n2nnnc2SCC(=O)N2C[C@@H](C)C[C@H](C)C2)cc1. The molecule has 3 rings (SSSR count). The fourth-order valence-corrected chi connectivity index (χ4v) is 4.31. The number of hydrogen-bond acceptors (Lipinski definition) is 5. The molecule has 2 atom stereocenters. The molecule has 1 aromatic heterocycles. The van der Waals surface area contributed by atoms with Crippen LogP contribution >= 0.6 is 11.8 Å². The first kappa shape index (κ1) is 18.9. The van der Waals surface area contributed by atoms with Gasteiger partial charge in [0.25, 0.3) is 0 Å². The van der Waals surface area contributed by atoms with Gasteiger partial charge in [-0.3, -0.25) is 4.79 Å². The van der Waals surface area contributed by atoms with E-state index in [0.29, 0.717) is 28.7 Å². The molecule has 0 unspecified atom stereocenters. The summed E-state index contributed by atoms with van der Waals surface area (Å²) >= 11 is 1.40. The molecule has 6 nitrogen and oxygen atoms in total. The van der Waals surface area contributed by atoms with Crippen LogP contribution in [0, 0.1) is 11.8 Å². The summed E-state index contributed by atoms with van der Waals surface area (Å²) < 4.78 is 1.70. The second-order valence-corrected chi connectivity index (χ2v) is 8.60. The Labute approximate surface area is 159 Å². The molecule has 0 bridgehead atoms. The Kier molecular flexibility index (Phi) is 5.96. The molecule has 7 heteroatoms. The third kappa shape index (κ3) is 4.44. The van der Waals surface area contributed by atoms with Crippen LogP contribution in [0.4, 0.5) is 0 Å². The zero-order valence-electron chi connectivity index (χ0n) is 15.9. The lowest BCUT2D eigenvalue weighted by atomic mass is 9.92. The predicted molar refractivity (Wildman–Crippen MR) is 103 cm³/mol. The Morgan fingerprint density at radius 1 is 1.19 bits per heavy atom. The maximum Gasteiger partial charge on any atom is 0.233 e. The van der Waals surface area contributed by atoms with Crippen molar-refractivity contribution in [2.75, 3.05) is 18.8 Å². The number of likely N-dealkylation sites (tertiary alicyclic amines) is 1. The molecule has 0 saturated carbocycles. The number of aromatic nitrogens is 4. The molecule has 0 aliphatic carbocycles. The molecule has 2 heterocycles. The molecular formula is C19H27N5OS. The van der Waals surface area contributed by atoms with Gasteiger partial charge in [-0.2, -0.15) is 4.68 Å². The van der Waals surface area contributed by atoms with Crippen LogP contribution in [-0.4, -0.2) is 49.9 Å². The van der Waals surface area contributed by atoms with Crippen LogP contribution in [0.2, 0.25) is 0 Å². The number of piperidine rings is 1. The Morgan fingerprint density at radius 2 is 1.85 bits per heavy atom. The number of tetrazole rings is 1. The van der Waals surface area contributed by atoms with Crippen molar-refractivity contribution in [3.63, 3.8) is 0 Å². The van der Waals surface area contributed by atoms with Crippen LogP contribution in [0.3, 0.4) is 0 Å². The molecule has 1 amide bonds. The monoisotopic (exact) mass is 373 g/mol. The number of thioether (sulfide) groups is 1. The van der Waals surface area contributed by atoms with Gasteiger partial charge in [0.15, 0.2) is 0 Å². The summed E-state index contributed by atoms with van der Waals surface area (Å²) in [4.78, 5) is 14.6. The quantitative estimate of drug-likeness (QED) is 0.752. The molecule has 1 fully saturated rings. The molecular weight excluding hydrogens is 346 g/mol. The summed E-state index contributed by atoms with van der Waals surface area (Å²) in [5.41, 5.74) is 2.19. The third-order valence-corrected chi connectivity index (χ3v) is 5.70. The second-order valence-electron chi connectivity index (χ2n) is 7.65. The van der Waals surface area contributed by atoms with Crippen LogP contribution in [0.1, 0.15) is 45.6 Å². The van der Waals surface area contributed by atoms with E-state index >= 15 is 0 Å². The first-order chi connectivity index (χ1) is 12.4. The fourth-order valence-electron chi connectivity index (χ4n) is 3.52. The van der Waals surface area contributed by atoms with E-state index in [2.05, 4.69) is 55.4 Å². The summed E-state index contributed by atoms with van der Waals surface area (Å²) in [5.74, 6) is 2.15. The van der Waals surface area contributed by atoms with Gasteiger partial charge in [-0.25, -0.2) is 0 Å². The van der Waals surface area contributed by atoms with E-state index < -0.39 is 0 Å². The molecule has 1 aromatic carbocycles. The van der Waals surface area contributed by atoms with Crippen molar-refractivity contribution in [2.45, 2.75) is 45.2 Å². The van der Waals surface area contributed by atoms with Crippen molar-refractivity contribution < 1.29 is 4.79 Å². The highest BCUT2D eigenvalue weighted by Gasteiger charge is 2.25. The minimum absolute atomic E-state index is 0.165. The minimum Gasteiger partial charge on any atom is -0.341 e. The van der Waals surface area contributed by atoms with Gasteiger partial charge in [-0.15, -0.1) is 5.10 Å². The van der Waals surface area contributed by atoms with Gasteiger partial charge in [0.1, 0.15) is 0 Å². The van der Waals surface area contributed by atoms with Gasteiger partial charge in [0.05, 0.1) is 11.4 Å². The van der Waals surface area contributed by atoms with Crippen LogP contribution in [0.5, 0.6) is 0 Å². The first-order valence-electron chi connectivity index (χ1n) is 9.23. The van der Waals surface area contributed by atoms with Crippen LogP contribution < -0.4 is 0 Å². The summed E-state index contributed by atoms with van der Waals surface area (Å²) in [7, 11) is 0. The number of carbonyl (C=O) groups is 1. The summed E-state index contributed by atoms with van der Waals surface area (Å²) in [6.45, 7) is 10.5. The predicted octanol–water partition coefficient (Wildman–Crippen LogP) is 3.38. The van der Waals surface area contributed by atoms with Crippen LogP contribution in [0.25, 0.3) is 5.69 Å². The normalized spacial score (nSPS) is 20.6. The molecule has 26 heavy (non-hydrogen) atoms. The second kappa shape index (κ2) is 8.20. The van der Waals surface area contributed by atoms with Gasteiger partial charge in [0, 0.05) is 13.1 Å².